The Morgan fingerprint density at radius 1 is 0.964 bits per heavy atom. The van der Waals surface area contributed by atoms with Crippen molar-refractivity contribution in [3.8, 4) is 16.9 Å². The predicted octanol–water partition coefficient (Wildman–Crippen LogP) is 3.19. The van der Waals surface area contributed by atoms with E-state index >= 15 is 0 Å². The summed E-state index contributed by atoms with van der Waals surface area (Å²) >= 11 is 0. The van der Waals surface area contributed by atoms with Crippen LogP contribution in [0.1, 0.15) is 5.56 Å². The minimum Gasteiger partial charge on any atom is -0.495 e. The van der Waals surface area contributed by atoms with Gasteiger partial charge in [-0.3, -0.25) is 4.79 Å². The molecule has 0 aliphatic heterocycles. The van der Waals surface area contributed by atoms with Crippen LogP contribution in [0.25, 0.3) is 11.1 Å². The summed E-state index contributed by atoms with van der Waals surface area (Å²) in [6.07, 6.45) is 0.137. The molecular weight excluding hydrogens is 376 g/mol. The van der Waals surface area contributed by atoms with Crippen molar-refractivity contribution in [2.24, 2.45) is 5.14 Å². The van der Waals surface area contributed by atoms with Gasteiger partial charge in [0.15, 0.2) is 0 Å². The van der Waals surface area contributed by atoms with Crippen LogP contribution in [0.4, 0.5) is 5.69 Å². The zero-order chi connectivity index (χ0) is 20.1. The lowest BCUT2D eigenvalue weighted by atomic mass is 10.0. The SMILES string of the molecule is COc1ccc(S(N)(=O)=O)cc1NC(=O)Cc1ccc(-c2ccccc2)cc1. The quantitative estimate of drug-likeness (QED) is 0.668. The van der Waals surface area contributed by atoms with Crippen LogP contribution in [0.2, 0.25) is 0 Å². The number of methoxy groups -OCH3 is 1. The molecule has 0 aromatic heterocycles. The molecule has 3 N–H and O–H groups in total. The molecule has 0 unspecified atom stereocenters. The Labute approximate surface area is 164 Å². The molecule has 0 atom stereocenters. The molecule has 0 aliphatic carbocycles. The number of anilines is 1. The monoisotopic (exact) mass is 396 g/mol. The van der Waals surface area contributed by atoms with E-state index in [4.69, 9.17) is 9.88 Å². The first-order chi connectivity index (χ1) is 13.4. The Morgan fingerprint density at radius 3 is 2.21 bits per heavy atom. The lowest BCUT2D eigenvalue weighted by molar-refractivity contribution is -0.115. The highest BCUT2D eigenvalue weighted by Gasteiger charge is 2.14. The number of benzene rings is 3. The highest BCUT2D eigenvalue weighted by atomic mass is 32.2. The number of carbonyl (C=O) groups is 1. The normalized spacial score (nSPS) is 11.1. The standard InChI is InChI=1S/C21H20N2O4S/c1-27-20-12-11-18(28(22,25)26)14-19(20)23-21(24)13-15-7-9-17(10-8-15)16-5-3-2-4-6-16/h2-12,14H,13H2,1H3,(H,23,24)(H2,22,25,26). The Morgan fingerprint density at radius 2 is 1.61 bits per heavy atom. The molecule has 0 aliphatic rings. The average Bonchev–Trinajstić information content (AvgIpc) is 2.68. The minimum atomic E-state index is -3.88. The van der Waals surface area contributed by atoms with Gasteiger partial charge in [-0.05, 0) is 34.9 Å². The van der Waals surface area contributed by atoms with Crippen LogP contribution < -0.4 is 15.2 Å². The molecule has 0 fully saturated rings. The second kappa shape index (κ2) is 8.24. The Bertz CT molecular complexity index is 1080. The van der Waals surface area contributed by atoms with Crippen LogP contribution in [0, 0.1) is 0 Å². The van der Waals surface area contributed by atoms with E-state index in [-0.39, 0.29) is 22.9 Å². The van der Waals surface area contributed by atoms with E-state index in [0.717, 1.165) is 16.7 Å². The second-order valence-electron chi connectivity index (χ2n) is 6.20. The van der Waals surface area contributed by atoms with E-state index < -0.39 is 10.0 Å². The van der Waals surface area contributed by atoms with Crippen molar-refractivity contribution < 1.29 is 17.9 Å². The van der Waals surface area contributed by atoms with Gasteiger partial charge in [0, 0.05) is 0 Å². The zero-order valence-corrected chi connectivity index (χ0v) is 16.1. The van der Waals surface area contributed by atoms with Crippen molar-refractivity contribution in [2.45, 2.75) is 11.3 Å². The first-order valence-corrected chi connectivity index (χ1v) is 10.1. The number of ether oxygens (including phenoxy) is 1. The van der Waals surface area contributed by atoms with E-state index in [1.165, 1.54) is 25.3 Å². The van der Waals surface area contributed by atoms with Crippen LogP contribution in [-0.4, -0.2) is 21.4 Å². The van der Waals surface area contributed by atoms with Crippen molar-refractivity contribution in [2.75, 3.05) is 12.4 Å². The number of hydrogen-bond donors (Lipinski definition) is 2. The molecule has 144 valence electrons. The summed E-state index contributed by atoms with van der Waals surface area (Å²) in [6, 6.07) is 21.7. The Balaban J connectivity index is 1.74. The number of rotatable bonds is 6. The van der Waals surface area contributed by atoms with Crippen LogP contribution in [0.5, 0.6) is 5.75 Å². The number of carbonyl (C=O) groups excluding carboxylic acids is 1. The van der Waals surface area contributed by atoms with Crippen molar-refractivity contribution in [3.63, 3.8) is 0 Å². The van der Waals surface area contributed by atoms with Crippen LogP contribution in [0.3, 0.4) is 0 Å². The van der Waals surface area contributed by atoms with Crippen LogP contribution in [0.15, 0.2) is 77.7 Å². The number of nitrogens with two attached hydrogens (primary N) is 1. The maximum absolute atomic E-state index is 12.4. The van der Waals surface area contributed by atoms with Gasteiger partial charge in [0.2, 0.25) is 15.9 Å². The minimum absolute atomic E-state index is 0.101. The molecule has 0 radical (unpaired) electrons. The van der Waals surface area contributed by atoms with E-state index in [2.05, 4.69) is 5.32 Å². The van der Waals surface area contributed by atoms with Gasteiger partial charge >= 0.3 is 0 Å². The van der Waals surface area contributed by atoms with E-state index in [1.54, 1.807) is 0 Å². The summed E-state index contributed by atoms with van der Waals surface area (Å²) in [4.78, 5) is 12.3. The average molecular weight is 396 g/mol. The van der Waals surface area contributed by atoms with Crippen molar-refractivity contribution in [1.29, 1.82) is 0 Å². The summed E-state index contributed by atoms with van der Waals surface area (Å²) in [5, 5.41) is 7.84. The molecule has 7 heteroatoms. The number of sulfonamides is 1. The largest absolute Gasteiger partial charge is 0.495 e. The molecule has 6 nitrogen and oxygen atoms in total. The summed E-state index contributed by atoms with van der Waals surface area (Å²) in [6.45, 7) is 0. The van der Waals surface area contributed by atoms with Crippen LogP contribution >= 0.6 is 0 Å². The van der Waals surface area contributed by atoms with Crippen molar-refractivity contribution >= 4 is 21.6 Å². The maximum Gasteiger partial charge on any atom is 0.238 e. The smallest absolute Gasteiger partial charge is 0.238 e. The Kier molecular flexibility index (Phi) is 5.77. The summed E-state index contributed by atoms with van der Waals surface area (Å²) in [5.74, 6) is 0.0532. The third-order valence-corrected chi connectivity index (χ3v) is 5.11. The molecule has 1 amide bonds. The van der Waals surface area contributed by atoms with Crippen LogP contribution in [-0.2, 0) is 21.2 Å². The van der Waals surface area contributed by atoms with Gasteiger partial charge in [0.05, 0.1) is 24.1 Å². The number of hydrogen-bond acceptors (Lipinski definition) is 4. The third-order valence-electron chi connectivity index (χ3n) is 4.20. The maximum atomic E-state index is 12.4. The molecule has 28 heavy (non-hydrogen) atoms. The van der Waals surface area contributed by atoms with Crippen molar-refractivity contribution in [1.82, 2.24) is 0 Å². The fraction of sp³-hybridized carbons (Fsp3) is 0.0952. The predicted molar refractivity (Wildman–Crippen MR) is 109 cm³/mol. The third kappa shape index (κ3) is 4.76. The summed E-state index contributed by atoms with van der Waals surface area (Å²) in [5.41, 5.74) is 3.24. The molecule has 3 rings (SSSR count). The van der Waals surface area contributed by atoms with Gasteiger partial charge in [-0.25, -0.2) is 13.6 Å². The second-order valence-corrected chi connectivity index (χ2v) is 7.76. The summed E-state index contributed by atoms with van der Waals surface area (Å²) in [7, 11) is -2.45. The Hall–Kier alpha value is -3.16. The molecule has 0 heterocycles. The molecule has 3 aromatic carbocycles. The topological polar surface area (TPSA) is 98.5 Å². The van der Waals surface area contributed by atoms with Gasteiger partial charge in [-0.2, -0.15) is 0 Å². The highest BCUT2D eigenvalue weighted by molar-refractivity contribution is 7.89. The number of amides is 1. The van der Waals surface area contributed by atoms with Gasteiger partial charge in [0.25, 0.3) is 0 Å². The lowest BCUT2D eigenvalue weighted by Crippen LogP contribution is -2.17. The molecule has 0 saturated heterocycles. The molecule has 0 bridgehead atoms. The van der Waals surface area contributed by atoms with Gasteiger partial charge in [-0.15, -0.1) is 0 Å². The molecule has 0 saturated carbocycles. The zero-order valence-electron chi connectivity index (χ0n) is 15.3. The van der Waals surface area contributed by atoms with E-state index in [1.807, 2.05) is 54.6 Å². The van der Waals surface area contributed by atoms with E-state index in [0.29, 0.717) is 5.75 Å². The van der Waals surface area contributed by atoms with E-state index in [9.17, 15) is 13.2 Å². The highest BCUT2D eigenvalue weighted by Crippen LogP contribution is 2.27. The number of nitrogens with one attached hydrogen (secondary N) is 1. The first kappa shape index (κ1) is 19.6. The summed E-state index contributed by atoms with van der Waals surface area (Å²) < 4.78 is 28.2. The van der Waals surface area contributed by atoms with Gasteiger partial charge < -0.3 is 10.1 Å². The van der Waals surface area contributed by atoms with Gasteiger partial charge in [0.1, 0.15) is 5.75 Å². The molecule has 3 aromatic rings. The molecule has 0 spiro atoms. The fourth-order valence-corrected chi connectivity index (χ4v) is 3.33. The lowest BCUT2D eigenvalue weighted by Gasteiger charge is -2.12. The van der Waals surface area contributed by atoms with Crippen molar-refractivity contribution in [3.05, 3.63) is 78.4 Å². The van der Waals surface area contributed by atoms with Gasteiger partial charge in [-0.1, -0.05) is 54.6 Å². The first-order valence-electron chi connectivity index (χ1n) is 8.52. The molecular formula is C21H20N2O4S. The fourth-order valence-electron chi connectivity index (χ4n) is 2.79. The number of primary sulfonamides is 1.